The first-order valence-corrected chi connectivity index (χ1v) is 5.61. The van der Waals surface area contributed by atoms with Crippen molar-refractivity contribution in [2.24, 2.45) is 0 Å². The maximum atomic E-state index is 4.98. The molecule has 14 heavy (non-hydrogen) atoms. The molecule has 0 amide bonds. The molecule has 3 heteroatoms. The number of rotatable bonds is 10. The molecule has 0 atom stereocenters. The summed E-state index contributed by atoms with van der Waals surface area (Å²) >= 11 is 0. The molecule has 0 aromatic rings. The zero-order valence-corrected chi connectivity index (χ0v) is 10.0. The van der Waals surface area contributed by atoms with Crippen molar-refractivity contribution in [1.29, 1.82) is 0 Å². The van der Waals surface area contributed by atoms with Gasteiger partial charge in [0.1, 0.15) is 0 Å². The van der Waals surface area contributed by atoms with Gasteiger partial charge in [0.05, 0.1) is 0 Å². The molecule has 0 aliphatic carbocycles. The number of methoxy groups -OCH3 is 1. The van der Waals surface area contributed by atoms with E-state index < -0.39 is 0 Å². The van der Waals surface area contributed by atoms with Crippen LogP contribution < -0.4 is 5.32 Å². The smallest absolute Gasteiger partial charge is 0.0462 e. The summed E-state index contributed by atoms with van der Waals surface area (Å²) in [6, 6.07) is 0. The van der Waals surface area contributed by atoms with Crippen LogP contribution in [-0.4, -0.2) is 52.3 Å². The maximum Gasteiger partial charge on any atom is 0.0462 e. The van der Waals surface area contributed by atoms with Gasteiger partial charge in [-0.15, -0.1) is 0 Å². The zero-order valence-electron chi connectivity index (χ0n) is 10.0. The van der Waals surface area contributed by atoms with E-state index in [-0.39, 0.29) is 0 Å². The molecule has 0 heterocycles. The second-order valence-electron chi connectivity index (χ2n) is 3.96. The third kappa shape index (κ3) is 11.9. The molecule has 0 rings (SSSR count). The van der Waals surface area contributed by atoms with Crippen molar-refractivity contribution >= 4 is 0 Å². The molecule has 0 saturated heterocycles. The monoisotopic (exact) mass is 202 g/mol. The summed E-state index contributed by atoms with van der Waals surface area (Å²) in [5.74, 6) is 0. The van der Waals surface area contributed by atoms with Crippen LogP contribution in [0.4, 0.5) is 0 Å². The highest BCUT2D eigenvalue weighted by molar-refractivity contribution is 4.51. The lowest BCUT2D eigenvalue weighted by Gasteiger charge is -2.09. The number of hydrogen-bond acceptors (Lipinski definition) is 3. The Morgan fingerprint density at radius 1 is 1.00 bits per heavy atom. The van der Waals surface area contributed by atoms with Crippen molar-refractivity contribution in [3.63, 3.8) is 0 Å². The highest BCUT2D eigenvalue weighted by atomic mass is 16.5. The van der Waals surface area contributed by atoms with Crippen LogP contribution in [0.2, 0.25) is 0 Å². The van der Waals surface area contributed by atoms with E-state index in [4.69, 9.17) is 4.74 Å². The van der Waals surface area contributed by atoms with Crippen molar-refractivity contribution in [1.82, 2.24) is 10.2 Å². The van der Waals surface area contributed by atoms with E-state index in [9.17, 15) is 0 Å². The number of ether oxygens (including phenoxy) is 1. The van der Waals surface area contributed by atoms with E-state index in [0.717, 1.165) is 19.7 Å². The molecule has 0 bridgehead atoms. The van der Waals surface area contributed by atoms with Gasteiger partial charge in [-0.1, -0.05) is 0 Å². The van der Waals surface area contributed by atoms with Crippen LogP contribution in [-0.2, 0) is 4.74 Å². The molecule has 0 aliphatic heterocycles. The van der Waals surface area contributed by atoms with Gasteiger partial charge in [-0.05, 0) is 59.4 Å². The second kappa shape index (κ2) is 11.0. The van der Waals surface area contributed by atoms with Gasteiger partial charge in [-0.25, -0.2) is 0 Å². The van der Waals surface area contributed by atoms with Crippen LogP contribution >= 0.6 is 0 Å². The summed E-state index contributed by atoms with van der Waals surface area (Å²) in [4.78, 5) is 2.23. The Bertz CT molecular complexity index is 107. The van der Waals surface area contributed by atoms with Crippen LogP contribution in [0.5, 0.6) is 0 Å². The quantitative estimate of drug-likeness (QED) is 0.541. The summed E-state index contributed by atoms with van der Waals surface area (Å²) in [5, 5.41) is 3.44. The summed E-state index contributed by atoms with van der Waals surface area (Å²) in [5.41, 5.74) is 0. The number of nitrogens with zero attached hydrogens (tertiary/aromatic N) is 1. The Hall–Kier alpha value is -0.120. The van der Waals surface area contributed by atoms with E-state index in [1.165, 1.54) is 32.2 Å². The first kappa shape index (κ1) is 13.9. The zero-order chi connectivity index (χ0) is 10.6. The fraction of sp³-hybridized carbons (Fsp3) is 1.00. The van der Waals surface area contributed by atoms with Gasteiger partial charge < -0.3 is 15.0 Å². The van der Waals surface area contributed by atoms with Gasteiger partial charge in [0, 0.05) is 13.7 Å². The molecular weight excluding hydrogens is 176 g/mol. The Morgan fingerprint density at radius 2 is 1.64 bits per heavy atom. The minimum Gasteiger partial charge on any atom is -0.385 e. The van der Waals surface area contributed by atoms with Crippen molar-refractivity contribution in [2.75, 3.05) is 47.4 Å². The van der Waals surface area contributed by atoms with Crippen LogP contribution in [0, 0.1) is 0 Å². The molecular formula is C11H26N2O. The van der Waals surface area contributed by atoms with E-state index in [0.29, 0.717) is 0 Å². The number of nitrogens with one attached hydrogen (secondary N) is 1. The number of unbranched alkanes of at least 4 members (excludes halogenated alkanes) is 2. The first-order valence-electron chi connectivity index (χ1n) is 5.61. The summed E-state index contributed by atoms with van der Waals surface area (Å²) < 4.78 is 4.98. The lowest BCUT2D eigenvalue weighted by atomic mass is 10.3. The highest BCUT2D eigenvalue weighted by Crippen LogP contribution is 1.90. The minimum atomic E-state index is 0.891. The van der Waals surface area contributed by atoms with Crippen molar-refractivity contribution < 1.29 is 4.74 Å². The highest BCUT2D eigenvalue weighted by Gasteiger charge is 1.91. The topological polar surface area (TPSA) is 24.5 Å². The minimum absolute atomic E-state index is 0.891. The Morgan fingerprint density at radius 3 is 2.21 bits per heavy atom. The lowest BCUT2D eigenvalue weighted by Crippen LogP contribution is -2.19. The Kier molecular flexibility index (Phi) is 10.9. The number of hydrogen-bond donors (Lipinski definition) is 1. The lowest BCUT2D eigenvalue weighted by molar-refractivity contribution is 0.192. The molecule has 0 spiro atoms. The van der Waals surface area contributed by atoms with E-state index in [1.807, 2.05) is 0 Å². The third-order valence-corrected chi connectivity index (χ3v) is 2.16. The second-order valence-corrected chi connectivity index (χ2v) is 3.96. The van der Waals surface area contributed by atoms with E-state index in [1.54, 1.807) is 7.11 Å². The van der Waals surface area contributed by atoms with Crippen LogP contribution in [0.15, 0.2) is 0 Å². The SMILES string of the molecule is COCCCCNCCCCN(C)C. The molecule has 0 saturated carbocycles. The largest absolute Gasteiger partial charge is 0.385 e. The fourth-order valence-electron chi connectivity index (χ4n) is 1.30. The summed E-state index contributed by atoms with van der Waals surface area (Å²) in [7, 11) is 6.00. The van der Waals surface area contributed by atoms with Crippen LogP contribution in [0.3, 0.4) is 0 Å². The molecule has 3 nitrogen and oxygen atoms in total. The van der Waals surface area contributed by atoms with Gasteiger partial charge in [0.2, 0.25) is 0 Å². The summed E-state index contributed by atoms with van der Waals surface area (Å²) in [6.07, 6.45) is 4.96. The molecule has 86 valence electrons. The predicted molar refractivity (Wildman–Crippen MR) is 61.8 cm³/mol. The van der Waals surface area contributed by atoms with Gasteiger partial charge in [0.25, 0.3) is 0 Å². The first-order chi connectivity index (χ1) is 6.77. The van der Waals surface area contributed by atoms with E-state index in [2.05, 4.69) is 24.3 Å². The van der Waals surface area contributed by atoms with Crippen molar-refractivity contribution in [3.8, 4) is 0 Å². The van der Waals surface area contributed by atoms with Gasteiger partial charge in [-0.2, -0.15) is 0 Å². The van der Waals surface area contributed by atoms with Gasteiger partial charge in [-0.3, -0.25) is 0 Å². The van der Waals surface area contributed by atoms with Crippen molar-refractivity contribution in [2.45, 2.75) is 25.7 Å². The Balaban J connectivity index is 2.85. The standard InChI is InChI=1S/C11H26N2O/c1-13(2)10-6-4-8-12-9-5-7-11-14-3/h12H,4-11H2,1-3H3. The van der Waals surface area contributed by atoms with Crippen LogP contribution in [0.1, 0.15) is 25.7 Å². The average molecular weight is 202 g/mol. The average Bonchev–Trinajstić information content (AvgIpc) is 2.15. The molecule has 0 aromatic heterocycles. The predicted octanol–water partition coefficient (Wildman–Crippen LogP) is 1.34. The molecule has 0 unspecified atom stereocenters. The molecule has 0 aliphatic rings. The third-order valence-electron chi connectivity index (χ3n) is 2.16. The fourth-order valence-corrected chi connectivity index (χ4v) is 1.30. The molecule has 1 N–H and O–H groups in total. The molecule has 0 fully saturated rings. The normalized spacial score (nSPS) is 11.1. The summed E-state index contributed by atoms with van der Waals surface area (Å²) in [6.45, 7) is 4.37. The molecule has 0 aromatic carbocycles. The molecule has 0 radical (unpaired) electrons. The van der Waals surface area contributed by atoms with E-state index >= 15 is 0 Å². The van der Waals surface area contributed by atoms with Gasteiger partial charge in [0.15, 0.2) is 0 Å². The van der Waals surface area contributed by atoms with Crippen LogP contribution in [0.25, 0.3) is 0 Å². The van der Waals surface area contributed by atoms with Gasteiger partial charge >= 0.3 is 0 Å². The Labute approximate surface area is 88.8 Å². The van der Waals surface area contributed by atoms with Crippen molar-refractivity contribution in [3.05, 3.63) is 0 Å². The maximum absolute atomic E-state index is 4.98.